The molecular weight excluding hydrogens is 304 g/mol. The first-order chi connectivity index (χ1) is 10.2. The number of rotatable bonds is 3. The van der Waals surface area contributed by atoms with E-state index in [4.69, 9.17) is 9.47 Å². The lowest BCUT2D eigenvalue weighted by atomic mass is 10.1. The van der Waals surface area contributed by atoms with Crippen molar-refractivity contribution in [2.24, 2.45) is 5.92 Å². The first-order valence-corrected chi connectivity index (χ1v) is 7.54. The first-order valence-electron chi connectivity index (χ1n) is 7.54. The molecule has 1 aromatic rings. The van der Waals surface area contributed by atoms with E-state index in [1.54, 1.807) is 0 Å². The van der Waals surface area contributed by atoms with Crippen LogP contribution in [0.5, 0.6) is 11.5 Å². The fourth-order valence-corrected chi connectivity index (χ4v) is 3.06. The van der Waals surface area contributed by atoms with Gasteiger partial charge in [-0.1, -0.05) is 12.1 Å². The molecule has 2 aliphatic heterocycles. The van der Waals surface area contributed by atoms with Crippen LogP contribution < -0.4 is 14.8 Å². The number of nitrogens with one attached hydrogen (secondary N) is 1. The van der Waals surface area contributed by atoms with Gasteiger partial charge in [-0.15, -0.1) is 12.4 Å². The van der Waals surface area contributed by atoms with Crippen LogP contribution in [0.25, 0.3) is 0 Å². The van der Waals surface area contributed by atoms with E-state index >= 15 is 0 Å². The normalized spacial score (nSPS) is 26.5. The number of para-hydroxylation sites is 2. The lowest BCUT2D eigenvalue weighted by Gasteiger charge is -2.33. The highest BCUT2D eigenvalue weighted by atomic mass is 35.5. The average molecular weight is 327 g/mol. The number of halogens is 1. The lowest BCUT2D eigenvalue weighted by molar-refractivity contribution is -0.143. The molecule has 0 aliphatic carbocycles. The minimum Gasteiger partial charge on any atom is -0.482 e. The van der Waals surface area contributed by atoms with E-state index in [0.717, 1.165) is 26.1 Å². The van der Waals surface area contributed by atoms with Crippen molar-refractivity contribution in [3.8, 4) is 11.5 Å². The zero-order valence-corrected chi connectivity index (χ0v) is 13.8. The van der Waals surface area contributed by atoms with E-state index in [9.17, 15) is 4.79 Å². The largest absolute Gasteiger partial charge is 0.482 e. The quantitative estimate of drug-likeness (QED) is 0.918. The number of carbonyl (C=O) groups excluding carboxylic acids is 1. The Morgan fingerprint density at radius 1 is 1.32 bits per heavy atom. The summed E-state index contributed by atoms with van der Waals surface area (Å²) in [5.74, 6) is 1.94. The van der Waals surface area contributed by atoms with E-state index in [2.05, 4.69) is 5.32 Å². The van der Waals surface area contributed by atoms with Crippen LogP contribution >= 0.6 is 12.4 Å². The number of likely N-dealkylation sites (tertiary alicyclic amines) is 1. The van der Waals surface area contributed by atoms with E-state index in [1.807, 2.05) is 43.1 Å². The number of nitrogens with zero attached hydrogens (tertiary/aromatic N) is 1. The number of hydrogen-bond acceptors (Lipinski definition) is 4. The number of ether oxygens (including phenoxy) is 2. The lowest BCUT2D eigenvalue weighted by Crippen LogP contribution is -2.50. The summed E-state index contributed by atoms with van der Waals surface area (Å²) in [6, 6.07) is 7.50. The summed E-state index contributed by atoms with van der Waals surface area (Å²) >= 11 is 0. The molecule has 5 nitrogen and oxygen atoms in total. The molecule has 0 aromatic heterocycles. The van der Waals surface area contributed by atoms with Crippen LogP contribution in [0.15, 0.2) is 24.3 Å². The van der Waals surface area contributed by atoms with Crippen LogP contribution in [0.4, 0.5) is 0 Å². The van der Waals surface area contributed by atoms with Gasteiger partial charge in [0.05, 0.1) is 0 Å². The molecule has 3 rings (SSSR count). The van der Waals surface area contributed by atoms with Crippen molar-refractivity contribution in [2.75, 3.05) is 26.7 Å². The molecule has 1 N–H and O–H groups in total. The van der Waals surface area contributed by atoms with Crippen molar-refractivity contribution in [3.63, 3.8) is 0 Å². The highest BCUT2D eigenvalue weighted by Crippen LogP contribution is 2.34. The second kappa shape index (κ2) is 7.20. The molecule has 3 unspecified atom stereocenters. The Morgan fingerprint density at radius 3 is 2.68 bits per heavy atom. The molecule has 1 aromatic carbocycles. The van der Waals surface area contributed by atoms with Gasteiger partial charge >= 0.3 is 0 Å². The Morgan fingerprint density at radius 2 is 2.00 bits per heavy atom. The number of amides is 1. The van der Waals surface area contributed by atoms with Gasteiger partial charge in [-0.2, -0.15) is 0 Å². The molecule has 0 radical (unpaired) electrons. The number of benzene rings is 1. The van der Waals surface area contributed by atoms with E-state index in [1.165, 1.54) is 0 Å². The Labute approximate surface area is 137 Å². The number of fused-ring (bicyclic) bond motifs is 1. The minimum atomic E-state index is -0.548. The summed E-state index contributed by atoms with van der Waals surface area (Å²) < 4.78 is 11.7. The van der Waals surface area contributed by atoms with Crippen LogP contribution in [0.2, 0.25) is 0 Å². The molecule has 3 atom stereocenters. The molecule has 0 saturated carbocycles. The van der Waals surface area contributed by atoms with E-state index in [-0.39, 0.29) is 24.4 Å². The van der Waals surface area contributed by atoms with Crippen molar-refractivity contribution in [2.45, 2.75) is 25.6 Å². The summed E-state index contributed by atoms with van der Waals surface area (Å²) in [7, 11) is 1.95. The highest BCUT2D eigenvalue weighted by molar-refractivity contribution is 5.85. The van der Waals surface area contributed by atoms with Crippen molar-refractivity contribution in [1.29, 1.82) is 0 Å². The predicted molar refractivity (Wildman–Crippen MR) is 86.8 cm³/mol. The zero-order chi connectivity index (χ0) is 14.8. The average Bonchev–Trinajstić information content (AvgIpc) is 2.95. The van der Waals surface area contributed by atoms with Crippen molar-refractivity contribution >= 4 is 18.3 Å². The molecule has 1 saturated heterocycles. The fraction of sp³-hybridized carbons (Fsp3) is 0.562. The van der Waals surface area contributed by atoms with E-state index < -0.39 is 6.10 Å². The van der Waals surface area contributed by atoms with Crippen LogP contribution in [0, 0.1) is 5.92 Å². The Hall–Kier alpha value is -1.46. The molecule has 0 spiro atoms. The molecule has 2 heterocycles. The smallest absolute Gasteiger partial charge is 0.267 e. The Balaban J connectivity index is 0.00000176. The molecule has 122 valence electrons. The number of hydrogen-bond donors (Lipinski definition) is 1. The van der Waals surface area contributed by atoms with Gasteiger partial charge in [0.15, 0.2) is 11.5 Å². The molecule has 2 aliphatic rings. The van der Waals surface area contributed by atoms with Crippen LogP contribution in [-0.2, 0) is 4.79 Å². The Kier molecular flexibility index (Phi) is 5.53. The van der Waals surface area contributed by atoms with Crippen molar-refractivity contribution < 1.29 is 14.3 Å². The predicted octanol–water partition coefficient (Wildman–Crippen LogP) is 1.70. The Bertz CT molecular complexity index is 526. The third kappa shape index (κ3) is 3.31. The zero-order valence-electron chi connectivity index (χ0n) is 13.0. The molecule has 0 bridgehead atoms. The van der Waals surface area contributed by atoms with E-state index in [0.29, 0.717) is 17.4 Å². The van der Waals surface area contributed by atoms with Gasteiger partial charge in [0.1, 0.15) is 6.10 Å². The topological polar surface area (TPSA) is 50.8 Å². The van der Waals surface area contributed by atoms with Crippen molar-refractivity contribution in [3.05, 3.63) is 24.3 Å². The number of carbonyl (C=O) groups is 1. The summed E-state index contributed by atoms with van der Waals surface area (Å²) in [6.45, 7) is 4.44. The minimum absolute atomic E-state index is 0. The summed E-state index contributed by atoms with van der Waals surface area (Å²) in [5.41, 5.74) is 0. The molecule has 1 fully saturated rings. The highest BCUT2D eigenvalue weighted by Gasteiger charge is 2.38. The van der Waals surface area contributed by atoms with Crippen molar-refractivity contribution in [1.82, 2.24) is 10.2 Å². The third-order valence-electron chi connectivity index (χ3n) is 4.18. The monoisotopic (exact) mass is 326 g/mol. The molecule has 6 heteroatoms. The van der Waals surface area contributed by atoms with Crippen LogP contribution in [-0.4, -0.2) is 49.7 Å². The maximum absolute atomic E-state index is 12.7. The molecule has 1 amide bonds. The van der Waals surface area contributed by atoms with Gasteiger partial charge in [-0.25, -0.2) is 0 Å². The standard InChI is InChI=1S/C16H22N2O3.ClH/c1-11-15(21-14-6-4-3-5-13(14)20-11)16(19)18-8-7-12(10-18)9-17-2;/h3-6,11-12,15,17H,7-10H2,1-2H3;1H. The van der Waals surface area contributed by atoms with Gasteiger partial charge in [0.25, 0.3) is 5.91 Å². The third-order valence-corrected chi connectivity index (χ3v) is 4.18. The van der Waals surface area contributed by atoms with Gasteiger partial charge < -0.3 is 19.7 Å². The summed E-state index contributed by atoms with van der Waals surface area (Å²) in [6.07, 6.45) is 0.231. The van der Waals surface area contributed by atoms with Gasteiger partial charge in [-0.05, 0) is 45.0 Å². The van der Waals surface area contributed by atoms with Crippen LogP contribution in [0.1, 0.15) is 13.3 Å². The molecular formula is C16H23ClN2O3. The second-order valence-electron chi connectivity index (χ2n) is 5.80. The van der Waals surface area contributed by atoms with Gasteiger partial charge in [0.2, 0.25) is 6.10 Å². The van der Waals surface area contributed by atoms with Gasteiger partial charge in [0, 0.05) is 13.1 Å². The summed E-state index contributed by atoms with van der Waals surface area (Å²) in [4.78, 5) is 14.6. The first kappa shape index (κ1) is 16.9. The fourth-order valence-electron chi connectivity index (χ4n) is 3.06. The second-order valence-corrected chi connectivity index (χ2v) is 5.80. The summed E-state index contributed by atoms with van der Waals surface area (Å²) in [5, 5.41) is 3.18. The van der Waals surface area contributed by atoms with Gasteiger partial charge in [-0.3, -0.25) is 4.79 Å². The molecule has 22 heavy (non-hydrogen) atoms. The maximum atomic E-state index is 12.7. The van der Waals surface area contributed by atoms with Crippen LogP contribution in [0.3, 0.4) is 0 Å². The maximum Gasteiger partial charge on any atom is 0.267 e. The SMILES string of the molecule is CNCC1CCN(C(=O)C2Oc3ccccc3OC2C)C1.Cl.